The minimum atomic E-state index is -0.338. The van der Waals surface area contributed by atoms with Crippen LogP contribution in [0.3, 0.4) is 0 Å². The summed E-state index contributed by atoms with van der Waals surface area (Å²) in [6.07, 6.45) is 1.55. The van der Waals surface area contributed by atoms with Crippen LogP contribution in [-0.4, -0.2) is 40.8 Å². The van der Waals surface area contributed by atoms with Crippen molar-refractivity contribution in [1.29, 1.82) is 0 Å². The third-order valence-corrected chi connectivity index (χ3v) is 5.15. The summed E-state index contributed by atoms with van der Waals surface area (Å²) >= 11 is 0. The summed E-state index contributed by atoms with van der Waals surface area (Å²) in [5.41, 5.74) is 1.76. The third kappa shape index (κ3) is 7.57. The first-order valence-electron chi connectivity index (χ1n) is 10.9. The third-order valence-electron chi connectivity index (χ3n) is 5.15. The number of hydrogen-bond acceptors (Lipinski definition) is 4. The molecular formula is C26H29FN2O4. The summed E-state index contributed by atoms with van der Waals surface area (Å²) in [5.74, 6) is -0.205. The molecule has 2 aromatic carbocycles. The standard InChI is InChI=1S/C26H29FN2O4/c1-20(2)29(26(31)19-32-18-22-7-4-3-5-8-22)17-25(30)28(16-24-9-6-14-33-24)15-21-10-12-23(27)13-11-21/h3-14,20H,15-19H2,1-2H3. The van der Waals surface area contributed by atoms with Crippen LogP contribution in [0.5, 0.6) is 0 Å². The van der Waals surface area contributed by atoms with Crippen LogP contribution < -0.4 is 0 Å². The van der Waals surface area contributed by atoms with Gasteiger partial charge in [0.05, 0.1) is 19.4 Å². The minimum absolute atomic E-state index is 0.0902. The molecule has 0 aliphatic rings. The Kier molecular flexibility index (Phi) is 8.78. The Morgan fingerprint density at radius 3 is 2.27 bits per heavy atom. The molecule has 174 valence electrons. The highest BCUT2D eigenvalue weighted by Crippen LogP contribution is 2.13. The Bertz CT molecular complexity index is 1000. The van der Waals surface area contributed by atoms with E-state index in [4.69, 9.17) is 9.15 Å². The second-order valence-corrected chi connectivity index (χ2v) is 8.05. The van der Waals surface area contributed by atoms with Crippen LogP contribution in [0.4, 0.5) is 4.39 Å². The summed E-state index contributed by atoms with van der Waals surface area (Å²) in [5, 5.41) is 0. The molecule has 0 fully saturated rings. The monoisotopic (exact) mass is 452 g/mol. The van der Waals surface area contributed by atoms with Crippen molar-refractivity contribution < 1.29 is 23.1 Å². The maximum atomic E-state index is 13.3. The van der Waals surface area contributed by atoms with Crippen molar-refractivity contribution in [1.82, 2.24) is 9.80 Å². The topological polar surface area (TPSA) is 63.0 Å². The predicted octanol–water partition coefficient (Wildman–Crippen LogP) is 4.40. The highest BCUT2D eigenvalue weighted by atomic mass is 19.1. The van der Waals surface area contributed by atoms with Crippen LogP contribution in [0.1, 0.15) is 30.7 Å². The quantitative estimate of drug-likeness (QED) is 0.433. The van der Waals surface area contributed by atoms with E-state index in [9.17, 15) is 14.0 Å². The minimum Gasteiger partial charge on any atom is -0.467 e. The van der Waals surface area contributed by atoms with Gasteiger partial charge in [0.25, 0.3) is 0 Å². The Balaban J connectivity index is 1.64. The highest BCUT2D eigenvalue weighted by molar-refractivity contribution is 5.85. The summed E-state index contributed by atoms with van der Waals surface area (Å²) in [6, 6.07) is 18.9. The van der Waals surface area contributed by atoms with Gasteiger partial charge in [0.15, 0.2) is 0 Å². The number of furan rings is 1. The number of carbonyl (C=O) groups excluding carboxylic acids is 2. The number of nitrogens with zero attached hydrogens (tertiary/aromatic N) is 2. The molecule has 2 amide bonds. The lowest BCUT2D eigenvalue weighted by Gasteiger charge is -2.30. The van der Waals surface area contributed by atoms with E-state index >= 15 is 0 Å². The number of amides is 2. The lowest BCUT2D eigenvalue weighted by molar-refractivity contribution is -0.145. The van der Waals surface area contributed by atoms with Crippen LogP contribution in [0, 0.1) is 5.82 Å². The largest absolute Gasteiger partial charge is 0.467 e. The van der Waals surface area contributed by atoms with E-state index < -0.39 is 0 Å². The lowest BCUT2D eigenvalue weighted by atomic mass is 10.2. The van der Waals surface area contributed by atoms with Crippen molar-refractivity contribution >= 4 is 11.8 Å². The van der Waals surface area contributed by atoms with Gasteiger partial charge in [0.2, 0.25) is 11.8 Å². The summed E-state index contributed by atoms with van der Waals surface area (Å²) < 4.78 is 24.3. The molecule has 33 heavy (non-hydrogen) atoms. The van der Waals surface area contributed by atoms with E-state index in [0.717, 1.165) is 11.1 Å². The first-order chi connectivity index (χ1) is 15.9. The molecule has 0 N–H and O–H groups in total. The van der Waals surface area contributed by atoms with Gasteiger partial charge >= 0.3 is 0 Å². The average molecular weight is 453 g/mol. The van der Waals surface area contributed by atoms with Gasteiger partial charge in [-0.1, -0.05) is 42.5 Å². The second-order valence-electron chi connectivity index (χ2n) is 8.05. The van der Waals surface area contributed by atoms with Crippen molar-refractivity contribution in [3.8, 4) is 0 Å². The molecule has 3 aromatic rings. The van der Waals surface area contributed by atoms with Crippen LogP contribution >= 0.6 is 0 Å². The first-order valence-corrected chi connectivity index (χ1v) is 10.9. The molecule has 0 bridgehead atoms. The number of halogens is 1. The SMILES string of the molecule is CC(C)N(CC(=O)N(Cc1ccc(F)cc1)Cc1ccco1)C(=O)COCc1ccccc1. The number of hydrogen-bond donors (Lipinski definition) is 0. The molecule has 1 heterocycles. The molecule has 0 unspecified atom stereocenters. The van der Waals surface area contributed by atoms with Gasteiger partial charge in [0.1, 0.15) is 24.7 Å². The first kappa shape index (κ1) is 24.2. The van der Waals surface area contributed by atoms with Gasteiger partial charge in [-0.05, 0) is 49.2 Å². The Labute approximate surface area is 193 Å². The van der Waals surface area contributed by atoms with Gasteiger partial charge in [0, 0.05) is 12.6 Å². The van der Waals surface area contributed by atoms with Crippen molar-refractivity contribution in [2.75, 3.05) is 13.2 Å². The van der Waals surface area contributed by atoms with E-state index in [0.29, 0.717) is 12.4 Å². The van der Waals surface area contributed by atoms with Gasteiger partial charge in [-0.2, -0.15) is 0 Å². The molecule has 1 aromatic heterocycles. The van der Waals surface area contributed by atoms with Crippen molar-refractivity contribution in [2.24, 2.45) is 0 Å². The Morgan fingerprint density at radius 1 is 0.909 bits per heavy atom. The molecule has 3 rings (SSSR count). The van der Waals surface area contributed by atoms with Crippen LogP contribution in [0.2, 0.25) is 0 Å². The van der Waals surface area contributed by atoms with E-state index in [1.165, 1.54) is 17.0 Å². The summed E-state index contributed by atoms with van der Waals surface area (Å²) in [4.78, 5) is 29.2. The summed E-state index contributed by atoms with van der Waals surface area (Å²) in [6.45, 7) is 4.35. The van der Waals surface area contributed by atoms with Crippen LogP contribution in [-0.2, 0) is 34.0 Å². The zero-order valence-electron chi connectivity index (χ0n) is 18.9. The Morgan fingerprint density at radius 2 is 1.64 bits per heavy atom. The number of ether oxygens (including phenoxy) is 1. The fourth-order valence-corrected chi connectivity index (χ4v) is 3.35. The molecule has 0 aliphatic carbocycles. The summed E-state index contributed by atoms with van der Waals surface area (Å²) in [7, 11) is 0. The van der Waals surface area contributed by atoms with E-state index in [1.54, 1.807) is 35.4 Å². The number of benzene rings is 2. The maximum absolute atomic E-state index is 13.3. The molecule has 0 radical (unpaired) electrons. The fourth-order valence-electron chi connectivity index (χ4n) is 3.35. The maximum Gasteiger partial charge on any atom is 0.249 e. The van der Waals surface area contributed by atoms with Crippen LogP contribution in [0.15, 0.2) is 77.4 Å². The average Bonchev–Trinajstić information content (AvgIpc) is 3.32. The zero-order chi connectivity index (χ0) is 23.6. The van der Waals surface area contributed by atoms with E-state index in [-0.39, 0.29) is 49.9 Å². The molecule has 6 nitrogen and oxygen atoms in total. The number of rotatable bonds is 11. The molecular weight excluding hydrogens is 423 g/mol. The lowest BCUT2D eigenvalue weighted by Crippen LogP contribution is -2.46. The van der Waals surface area contributed by atoms with Gasteiger partial charge in [-0.3, -0.25) is 9.59 Å². The highest BCUT2D eigenvalue weighted by Gasteiger charge is 2.24. The van der Waals surface area contributed by atoms with E-state index in [2.05, 4.69) is 0 Å². The van der Waals surface area contributed by atoms with Gasteiger partial charge in [-0.25, -0.2) is 4.39 Å². The van der Waals surface area contributed by atoms with Crippen molar-refractivity contribution in [3.63, 3.8) is 0 Å². The molecule has 0 spiro atoms. The second kappa shape index (κ2) is 12.0. The van der Waals surface area contributed by atoms with Crippen molar-refractivity contribution in [3.05, 3.63) is 95.7 Å². The van der Waals surface area contributed by atoms with Gasteiger partial charge in [-0.15, -0.1) is 0 Å². The van der Waals surface area contributed by atoms with Crippen LogP contribution in [0.25, 0.3) is 0 Å². The normalized spacial score (nSPS) is 10.9. The van der Waals surface area contributed by atoms with Crippen molar-refractivity contribution in [2.45, 2.75) is 39.6 Å². The van der Waals surface area contributed by atoms with E-state index in [1.807, 2.05) is 44.2 Å². The molecule has 0 aliphatic heterocycles. The predicted molar refractivity (Wildman–Crippen MR) is 122 cm³/mol. The molecule has 0 atom stereocenters. The molecule has 7 heteroatoms. The molecule has 0 saturated carbocycles. The fraction of sp³-hybridized carbons (Fsp3) is 0.308. The number of carbonyl (C=O) groups is 2. The Hall–Kier alpha value is -3.45. The molecule has 0 saturated heterocycles. The van der Waals surface area contributed by atoms with Gasteiger partial charge < -0.3 is 19.0 Å². The smallest absolute Gasteiger partial charge is 0.249 e. The zero-order valence-corrected chi connectivity index (χ0v) is 18.9.